The summed E-state index contributed by atoms with van der Waals surface area (Å²) >= 11 is 0. The average molecular weight is 576 g/mol. The average Bonchev–Trinajstić information content (AvgIpc) is 2.96. The van der Waals surface area contributed by atoms with Crippen LogP contribution in [0.15, 0.2) is 91.0 Å². The number of hydrogen-bond donors (Lipinski definition) is 0. The van der Waals surface area contributed by atoms with Gasteiger partial charge in [0.25, 0.3) is 0 Å². The van der Waals surface area contributed by atoms with Crippen LogP contribution in [0.5, 0.6) is 0 Å². The molecule has 0 unspecified atom stereocenters. The lowest BCUT2D eigenvalue weighted by Gasteiger charge is -2.45. The van der Waals surface area contributed by atoms with E-state index in [2.05, 4.69) is 0 Å². The standard InChI is InChI=1S/C34H41NO7/c1-25(36)35(33(37)42-34(2,3)4)29-23-39-30(24-38-20-26-14-8-5-9-15-26)32(41-22-28-18-12-7-13-19-28)31(29)40-21-27-16-10-6-11-17-27/h5-19,29-32H,20-24H2,1-4H3/t29-,30+,31+,32-/m0/s1. The lowest BCUT2D eigenvalue weighted by Crippen LogP contribution is -2.64. The van der Waals surface area contributed by atoms with Crippen LogP contribution in [0.2, 0.25) is 0 Å². The summed E-state index contributed by atoms with van der Waals surface area (Å²) in [5, 5.41) is 0. The first-order valence-electron chi connectivity index (χ1n) is 14.3. The molecule has 1 saturated heterocycles. The minimum absolute atomic E-state index is 0.0445. The van der Waals surface area contributed by atoms with E-state index in [-0.39, 0.29) is 26.4 Å². The third kappa shape index (κ3) is 9.22. The molecule has 0 bridgehead atoms. The highest BCUT2D eigenvalue weighted by atomic mass is 16.6. The molecular weight excluding hydrogens is 534 g/mol. The maximum atomic E-state index is 13.3. The third-order valence-corrected chi connectivity index (χ3v) is 6.78. The highest BCUT2D eigenvalue weighted by molar-refractivity contribution is 5.91. The molecule has 0 N–H and O–H groups in total. The van der Waals surface area contributed by atoms with Gasteiger partial charge in [-0.3, -0.25) is 4.79 Å². The van der Waals surface area contributed by atoms with Crippen molar-refractivity contribution in [2.45, 2.75) is 77.5 Å². The van der Waals surface area contributed by atoms with Crippen LogP contribution in [0.4, 0.5) is 4.79 Å². The van der Waals surface area contributed by atoms with Crippen LogP contribution in [0.1, 0.15) is 44.4 Å². The second-order valence-corrected chi connectivity index (χ2v) is 11.3. The molecule has 0 saturated carbocycles. The van der Waals surface area contributed by atoms with Crippen molar-refractivity contribution in [3.8, 4) is 0 Å². The first-order valence-corrected chi connectivity index (χ1v) is 14.3. The number of rotatable bonds is 11. The van der Waals surface area contributed by atoms with Gasteiger partial charge < -0.3 is 23.7 Å². The molecule has 1 fully saturated rings. The van der Waals surface area contributed by atoms with E-state index in [4.69, 9.17) is 23.7 Å². The Morgan fingerprint density at radius 3 is 1.71 bits per heavy atom. The molecule has 1 heterocycles. The molecule has 1 aliphatic rings. The summed E-state index contributed by atoms with van der Waals surface area (Å²) in [6.07, 6.45) is -2.64. The van der Waals surface area contributed by atoms with E-state index in [1.54, 1.807) is 20.8 Å². The van der Waals surface area contributed by atoms with Gasteiger partial charge in [0.2, 0.25) is 5.91 Å². The second-order valence-electron chi connectivity index (χ2n) is 11.3. The Morgan fingerprint density at radius 1 is 0.762 bits per heavy atom. The van der Waals surface area contributed by atoms with Gasteiger partial charge in [0.05, 0.1) is 39.1 Å². The zero-order valence-electron chi connectivity index (χ0n) is 24.8. The van der Waals surface area contributed by atoms with Crippen LogP contribution in [0, 0.1) is 0 Å². The third-order valence-electron chi connectivity index (χ3n) is 6.78. The highest BCUT2D eigenvalue weighted by Gasteiger charge is 2.48. The topological polar surface area (TPSA) is 83.5 Å². The molecule has 4 rings (SSSR count). The van der Waals surface area contributed by atoms with E-state index < -0.39 is 42.0 Å². The van der Waals surface area contributed by atoms with Crippen molar-refractivity contribution in [2.24, 2.45) is 0 Å². The Bertz CT molecular complexity index is 1250. The second kappa shape index (κ2) is 15.1. The molecule has 0 radical (unpaired) electrons. The minimum atomic E-state index is -0.794. The molecule has 224 valence electrons. The first-order chi connectivity index (χ1) is 20.2. The van der Waals surface area contributed by atoms with Crippen LogP contribution < -0.4 is 0 Å². The quantitative estimate of drug-likeness (QED) is 0.280. The van der Waals surface area contributed by atoms with Gasteiger partial charge in [-0.15, -0.1) is 0 Å². The Balaban J connectivity index is 1.62. The van der Waals surface area contributed by atoms with Crippen LogP contribution in [0.25, 0.3) is 0 Å². The number of benzene rings is 3. The summed E-state index contributed by atoms with van der Waals surface area (Å²) in [7, 11) is 0. The van der Waals surface area contributed by atoms with E-state index in [1.165, 1.54) is 6.92 Å². The van der Waals surface area contributed by atoms with Crippen LogP contribution in [0.3, 0.4) is 0 Å². The predicted molar refractivity (Wildman–Crippen MR) is 158 cm³/mol. The maximum Gasteiger partial charge on any atom is 0.417 e. The minimum Gasteiger partial charge on any atom is -0.443 e. The summed E-state index contributed by atoms with van der Waals surface area (Å²) in [6.45, 7) is 7.85. The Kier molecular flexibility index (Phi) is 11.3. The predicted octanol–water partition coefficient (Wildman–Crippen LogP) is 5.93. The molecule has 0 aromatic heterocycles. The summed E-state index contributed by atoms with van der Waals surface area (Å²) in [5.41, 5.74) is 2.17. The summed E-state index contributed by atoms with van der Waals surface area (Å²) in [4.78, 5) is 27.4. The molecule has 8 heteroatoms. The zero-order chi connectivity index (χ0) is 30.0. The van der Waals surface area contributed by atoms with Crippen molar-refractivity contribution in [2.75, 3.05) is 13.2 Å². The summed E-state index contributed by atoms with van der Waals surface area (Å²) in [5.74, 6) is -0.466. The van der Waals surface area contributed by atoms with Gasteiger partial charge in [-0.2, -0.15) is 0 Å². The van der Waals surface area contributed by atoms with E-state index in [9.17, 15) is 9.59 Å². The number of nitrogens with zero attached hydrogens (tertiary/aromatic N) is 1. The molecule has 3 aromatic carbocycles. The number of imide groups is 1. The molecule has 2 amide bonds. The first kappa shape index (κ1) is 31.4. The fourth-order valence-electron chi connectivity index (χ4n) is 4.82. The van der Waals surface area contributed by atoms with Gasteiger partial charge in [0, 0.05) is 6.92 Å². The fraction of sp³-hybridized carbons (Fsp3) is 0.412. The normalized spacial score (nSPS) is 20.6. The smallest absolute Gasteiger partial charge is 0.417 e. The van der Waals surface area contributed by atoms with Crippen LogP contribution >= 0.6 is 0 Å². The lowest BCUT2D eigenvalue weighted by atomic mass is 9.96. The number of ether oxygens (including phenoxy) is 5. The number of carbonyl (C=O) groups excluding carboxylic acids is 2. The van der Waals surface area contributed by atoms with Crippen LogP contribution in [-0.2, 0) is 48.3 Å². The van der Waals surface area contributed by atoms with Crippen molar-refractivity contribution in [1.29, 1.82) is 0 Å². The van der Waals surface area contributed by atoms with Crippen LogP contribution in [-0.4, -0.2) is 60.1 Å². The molecule has 42 heavy (non-hydrogen) atoms. The van der Waals surface area contributed by atoms with Gasteiger partial charge in [0.1, 0.15) is 23.9 Å². The van der Waals surface area contributed by atoms with Crippen molar-refractivity contribution in [3.63, 3.8) is 0 Å². The lowest BCUT2D eigenvalue weighted by molar-refractivity contribution is -0.221. The Hall–Kier alpha value is -3.56. The molecule has 1 aliphatic heterocycles. The molecule has 0 aliphatic carbocycles. The summed E-state index contributed by atoms with van der Waals surface area (Å²) in [6, 6.07) is 28.6. The Labute approximate surface area is 248 Å². The molecule has 4 atom stereocenters. The SMILES string of the molecule is CC(=O)N(C(=O)OC(C)(C)C)[C@H]1CO[C@H](COCc2ccccc2)[C@H](OCc2ccccc2)[C@@H]1OCc1ccccc1. The largest absolute Gasteiger partial charge is 0.443 e. The molecule has 8 nitrogen and oxygen atoms in total. The van der Waals surface area contributed by atoms with E-state index in [0.29, 0.717) is 6.61 Å². The van der Waals surface area contributed by atoms with Gasteiger partial charge in [-0.05, 0) is 37.5 Å². The van der Waals surface area contributed by atoms with E-state index in [1.807, 2.05) is 91.0 Å². The molecule has 3 aromatic rings. The maximum absolute atomic E-state index is 13.3. The van der Waals surface area contributed by atoms with Crippen molar-refractivity contribution in [3.05, 3.63) is 108 Å². The highest BCUT2D eigenvalue weighted by Crippen LogP contribution is 2.29. The molecular formula is C34H41NO7. The van der Waals surface area contributed by atoms with Crippen molar-refractivity contribution < 1.29 is 33.3 Å². The van der Waals surface area contributed by atoms with E-state index in [0.717, 1.165) is 21.6 Å². The monoisotopic (exact) mass is 575 g/mol. The van der Waals surface area contributed by atoms with Gasteiger partial charge >= 0.3 is 6.09 Å². The zero-order valence-corrected chi connectivity index (χ0v) is 24.8. The number of hydrogen-bond acceptors (Lipinski definition) is 7. The van der Waals surface area contributed by atoms with Gasteiger partial charge in [0.15, 0.2) is 0 Å². The molecule has 0 spiro atoms. The number of carbonyl (C=O) groups is 2. The van der Waals surface area contributed by atoms with Gasteiger partial charge in [-0.1, -0.05) is 91.0 Å². The van der Waals surface area contributed by atoms with Crippen molar-refractivity contribution in [1.82, 2.24) is 4.90 Å². The van der Waals surface area contributed by atoms with Gasteiger partial charge in [-0.25, -0.2) is 9.69 Å². The summed E-state index contributed by atoms with van der Waals surface area (Å²) < 4.78 is 31.0. The van der Waals surface area contributed by atoms with Crippen molar-refractivity contribution >= 4 is 12.0 Å². The van der Waals surface area contributed by atoms with E-state index >= 15 is 0 Å². The Morgan fingerprint density at radius 2 is 1.24 bits per heavy atom. The number of amides is 2. The fourth-order valence-corrected chi connectivity index (χ4v) is 4.82.